The Morgan fingerprint density at radius 1 is 1.00 bits per heavy atom. The number of carbonyl (C=O) groups is 1. The molecule has 0 radical (unpaired) electrons. The van der Waals surface area contributed by atoms with E-state index < -0.39 is 0 Å². The van der Waals surface area contributed by atoms with Crippen LogP contribution in [0, 0.1) is 47.3 Å². The number of hydrogen-bond acceptors (Lipinski definition) is 1. The van der Waals surface area contributed by atoms with Gasteiger partial charge in [0.1, 0.15) is 0 Å². The highest BCUT2D eigenvalue weighted by molar-refractivity contribution is 5.96. The smallest absolute Gasteiger partial charge is 0.159 e. The monoisotopic (exact) mass is 186 g/mol. The summed E-state index contributed by atoms with van der Waals surface area (Å²) in [6.45, 7) is 0. The summed E-state index contributed by atoms with van der Waals surface area (Å²) in [4.78, 5) is 11.6. The van der Waals surface area contributed by atoms with E-state index in [4.69, 9.17) is 0 Å². The van der Waals surface area contributed by atoms with Gasteiger partial charge in [0.25, 0.3) is 0 Å². The molecule has 0 unspecified atom stereocenters. The van der Waals surface area contributed by atoms with E-state index in [0.29, 0.717) is 17.6 Å². The highest BCUT2D eigenvalue weighted by Gasteiger charge is 2.77. The Bertz CT molecular complexity index is 383. The van der Waals surface area contributed by atoms with E-state index in [1.807, 2.05) is 6.08 Å². The molecule has 5 aliphatic rings. The van der Waals surface area contributed by atoms with Gasteiger partial charge in [-0.3, -0.25) is 4.79 Å². The number of allylic oxidation sites excluding steroid dienone is 2. The summed E-state index contributed by atoms with van der Waals surface area (Å²) in [6, 6.07) is 0. The Balaban J connectivity index is 1.53. The van der Waals surface area contributed by atoms with E-state index in [0.717, 1.165) is 35.5 Å². The molecule has 0 aliphatic heterocycles. The van der Waals surface area contributed by atoms with Crippen molar-refractivity contribution in [2.24, 2.45) is 47.3 Å². The van der Waals surface area contributed by atoms with Crippen LogP contribution in [0.15, 0.2) is 12.2 Å². The van der Waals surface area contributed by atoms with Crippen LogP contribution in [0.4, 0.5) is 0 Å². The number of fused-ring (bicyclic) bond motifs is 10. The van der Waals surface area contributed by atoms with Gasteiger partial charge in [0.2, 0.25) is 0 Å². The van der Waals surface area contributed by atoms with Crippen molar-refractivity contribution in [2.75, 3.05) is 0 Å². The standard InChI is InChI=1S/C13H14O/c14-8-4-3-7-9(8)13-11-6-2-1-5(6)10(11)12(7)13/h3-7,9-13H,1-2H2/t5-,6+,7-,9-,10+,11-,12-,13+/m0/s1. The van der Waals surface area contributed by atoms with Crippen LogP contribution >= 0.6 is 0 Å². The molecule has 0 aromatic rings. The third-order valence-electron chi connectivity index (χ3n) is 6.23. The Labute approximate surface area is 83.6 Å². The molecule has 4 saturated carbocycles. The van der Waals surface area contributed by atoms with Gasteiger partial charge in [-0.15, -0.1) is 0 Å². The molecule has 0 spiro atoms. The lowest BCUT2D eigenvalue weighted by atomic mass is 9.24. The van der Waals surface area contributed by atoms with Crippen molar-refractivity contribution in [1.29, 1.82) is 0 Å². The molecule has 5 aliphatic carbocycles. The van der Waals surface area contributed by atoms with Crippen molar-refractivity contribution in [3.05, 3.63) is 12.2 Å². The molecular formula is C13H14O. The van der Waals surface area contributed by atoms with Gasteiger partial charge >= 0.3 is 0 Å². The van der Waals surface area contributed by atoms with Crippen LogP contribution in [0.1, 0.15) is 12.8 Å². The molecule has 0 heterocycles. The molecule has 5 rings (SSSR count). The fourth-order valence-electron chi connectivity index (χ4n) is 5.67. The van der Waals surface area contributed by atoms with Crippen LogP contribution < -0.4 is 0 Å². The first-order valence-corrected chi connectivity index (χ1v) is 6.10. The SMILES string of the molecule is O=C1C=C[C@H]2[C@@H]1[C@H]1[C@@H]2[C@@H]2[C@H]3CC[C@H]3[C@@H]21. The van der Waals surface area contributed by atoms with Crippen molar-refractivity contribution < 1.29 is 4.79 Å². The van der Waals surface area contributed by atoms with E-state index in [1.165, 1.54) is 12.8 Å². The molecule has 1 heteroatoms. The van der Waals surface area contributed by atoms with Crippen LogP contribution in [0.2, 0.25) is 0 Å². The predicted molar refractivity (Wildman–Crippen MR) is 51.3 cm³/mol. The van der Waals surface area contributed by atoms with E-state index >= 15 is 0 Å². The lowest BCUT2D eigenvalue weighted by molar-refractivity contribution is -0.319. The molecule has 72 valence electrons. The van der Waals surface area contributed by atoms with Crippen LogP contribution in [-0.4, -0.2) is 5.78 Å². The molecule has 0 bridgehead atoms. The maximum atomic E-state index is 11.6. The Hall–Kier alpha value is -0.590. The minimum atomic E-state index is 0.456. The zero-order valence-corrected chi connectivity index (χ0v) is 8.10. The van der Waals surface area contributed by atoms with Gasteiger partial charge in [0, 0.05) is 5.92 Å². The summed E-state index contributed by atoms with van der Waals surface area (Å²) in [7, 11) is 0. The fraction of sp³-hybridized carbons (Fsp3) is 0.769. The Kier molecular flexibility index (Phi) is 0.850. The molecule has 0 N–H and O–H groups in total. The first-order valence-electron chi connectivity index (χ1n) is 6.10. The van der Waals surface area contributed by atoms with Crippen molar-refractivity contribution >= 4 is 5.78 Å². The van der Waals surface area contributed by atoms with Crippen molar-refractivity contribution in [3.63, 3.8) is 0 Å². The van der Waals surface area contributed by atoms with Gasteiger partial charge in [-0.25, -0.2) is 0 Å². The highest BCUT2D eigenvalue weighted by Crippen LogP contribution is 2.80. The lowest BCUT2D eigenvalue weighted by Gasteiger charge is -2.80. The van der Waals surface area contributed by atoms with Gasteiger partial charge in [-0.2, -0.15) is 0 Å². The number of carbonyl (C=O) groups excluding carboxylic acids is 1. The molecule has 0 amide bonds. The topological polar surface area (TPSA) is 17.1 Å². The van der Waals surface area contributed by atoms with Crippen molar-refractivity contribution in [2.45, 2.75) is 12.8 Å². The quantitative estimate of drug-likeness (QED) is 0.528. The van der Waals surface area contributed by atoms with E-state index in [-0.39, 0.29) is 0 Å². The third-order valence-corrected chi connectivity index (χ3v) is 6.23. The average Bonchev–Trinajstić information content (AvgIpc) is 2.40. The normalized spacial score (nSPS) is 70.1. The second kappa shape index (κ2) is 1.75. The van der Waals surface area contributed by atoms with Gasteiger partial charge in [0.05, 0.1) is 0 Å². The van der Waals surface area contributed by atoms with Gasteiger partial charge in [0.15, 0.2) is 5.78 Å². The van der Waals surface area contributed by atoms with Crippen LogP contribution in [-0.2, 0) is 4.79 Å². The maximum absolute atomic E-state index is 11.6. The second-order valence-electron chi connectivity index (χ2n) is 6.08. The molecular weight excluding hydrogens is 172 g/mol. The van der Waals surface area contributed by atoms with Crippen LogP contribution in [0.5, 0.6) is 0 Å². The lowest BCUT2D eigenvalue weighted by Crippen LogP contribution is -2.77. The van der Waals surface area contributed by atoms with E-state index in [2.05, 4.69) is 6.08 Å². The molecule has 8 atom stereocenters. The molecule has 0 aromatic carbocycles. The largest absolute Gasteiger partial charge is 0.295 e. The summed E-state index contributed by atoms with van der Waals surface area (Å²) in [5, 5.41) is 0. The summed E-state index contributed by atoms with van der Waals surface area (Å²) in [6.07, 6.45) is 7.07. The zero-order chi connectivity index (χ0) is 9.02. The second-order valence-corrected chi connectivity index (χ2v) is 6.08. The number of hydrogen-bond donors (Lipinski definition) is 0. The molecule has 0 aromatic heterocycles. The van der Waals surface area contributed by atoms with Crippen LogP contribution in [0.25, 0.3) is 0 Å². The van der Waals surface area contributed by atoms with Crippen molar-refractivity contribution in [1.82, 2.24) is 0 Å². The number of rotatable bonds is 0. The predicted octanol–water partition coefficient (Wildman–Crippen LogP) is 1.89. The minimum Gasteiger partial charge on any atom is -0.295 e. The first kappa shape index (κ1) is 6.81. The molecule has 0 saturated heterocycles. The Morgan fingerprint density at radius 2 is 1.71 bits per heavy atom. The van der Waals surface area contributed by atoms with Crippen molar-refractivity contribution in [3.8, 4) is 0 Å². The molecule has 14 heavy (non-hydrogen) atoms. The summed E-state index contributed by atoms with van der Waals surface area (Å²) in [5.41, 5.74) is 0. The number of ketones is 1. The first-order chi connectivity index (χ1) is 6.88. The van der Waals surface area contributed by atoms with Gasteiger partial charge < -0.3 is 0 Å². The fourth-order valence-corrected chi connectivity index (χ4v) is 5.67. The average molecular weight is 186 g/mol. The Morgan fingerprint density at radius 3 is 2.43 bits per heavy atom. The third kappa shape index (κ3) is 0.433. The zero-order valence-electron chi connectivity index (χ0n) is 8.10. The van der Waals surface area contributed by atoms with E-state index in [9.17, 15) is 4.79 Å². The molecule has 1 nitrogen and oxygen atoms in total. The summed E-state index contributed by atoms with van der Waals surface area (Å²) >= 11 is 0. The molecule has 4 fully saturated rings. The maximum Gasteiger partial charge on any atom is 0.159 e. The van der Waals surface area contributed by atoms with E-state index in [1.54, 1.807) is 0 Å². The summed E-state index contributed by atoms with van der Waals surface area (Å²) < 4.78 is 0. The van der Waals surface area contributed by atoms with Gasteiger partial charge in [-0.05, 0) is 60.3 Å². The van der Waals surface area contributed by atoms with Crippen LogP contribution in [0.3, 0.4) is 0 Å². The minimum absolute atomic E-state index is 0.456. The highest BCUT2D eigenvalue weighted by atomic mass is 16.1. The summed E-state index contributed by atoms with van der Waals surface area (Å²) in [5.74, 6) is 7.64. The van der Waals surface area contributed by atoms with Gasteiger partial charge in [-0.1, -0.05) is 6.08 Å².